The number of aliphatic hydroxyl groups is 1. The van der Waals surface area contributed by atoms with Gasteiger partial charge in [0.15, 0.2) is 0 Å². The van der Waals surface area contributed by atoms with Crippen LogP contribution in [0.3, 0.4) is 0 Å². The van der Waals surface area contributed by atoms with E-state index in [1.165, 1.54) is 17.9 Å². The van der Waals surface area contributed by atoms with Crippen LogP contribution in [0.5, 0.6) is 0 Å². The number of carbonyl (C=O) groups is 2. The fraction of sp³-hybridized carbons (Fsp3) is 0.500. The molecule has 0 aliphatic rings. The maximum atomic E-state index is 12.5. The van der Waals surface area contributed by atoms with Crippen molar-refractivity contribution < 1.29 is 28.4 Å². The van der Waals surface area contributed by atoms with Gasteiger partial charge in [0.2, 0.25) is 0 Å². The van der Waals surface area contributed by atoms with Crippen LogP contribution in [0.4, 0.5) is 4.79 Å². The lowest BCUT2D eigenvalue weighted by atomic mass is 10.1. The highest BCUT2D eigenvalue weighted by Gasteiger charge is 2.26. The van der Waals surface area contributed by atoms with E-state index in [1.54, 1.807) is 20.8 Å². The van der Waals surface area contributed by atoms with Gasteiger partial charge in [-0.3, -0.25) is 4.21 Å². The van der Waals surface area contributed by atoms with Crippen LogP contribution in [0.1, 0.15) is 39.2 Å². The van der Waals surface area contributed by atoms with E-state index in [0.717, 1.165) is 5.56 Å². The van der Waals surface area contributed by atoms with Crippen LogP contribution in [-0.2, 0) is 30.8 Å². The number of hydrogen-bond donors (Lipinski definition) is 3. The summed E-state index contributed by atoms with van der Waals surface area (Å²) < 4.78 is 22.3. The first kappa shape index (κ1) is 23.7. The van der Waals surface area contributed by atoms with Gasteiger partial charge in [-0.15, -0.1) is 0 Å². The van der Waals surface area contributed by atoms with Gasteiger partial charge in [0.1, 0.15) is 18.2 Å². The molecule has 1 amide bonds. The van der Waals surface area contributed by atoms with E-state index in [9.17, 15) is 18.9 Å². The van der Waals surface area contributed by atoms with Crippen molar-refractivity contribution >= 4 is 22.0 Å². The molecular formula is C20H31NO6S. The lowest BCUT2D eigenvalue weighted by Gasteiger charge is -2.23. The molecule has 0 aromatic heterocycles. The number of benzene rings is 1. The SMILES string of the molecule is CC(C)(C)OC(=O)N[C@@H](CC/C(O)=C/[SH](C)(C)=O)C(=O)OCc1ccccc1. The van der Waals surface area contributed by atoms with Crippen LogP contribution < -0.4 is 5.32 Å². The molecule has 0 saturated heterocycles. The number of carbonyl (C=O) groups excluding carboxylic acids is 2. The molecule has 8 heteroatoms. The van der Waals surface area contributed by atoms with E-state index in [4.69, 9.17) is 9.47 Å². The molecule has 28 heavy (non-hydrogen) atoms. The predicted octanol–water partition coefficient (Wildman–Crippen LogP) is 3.08. The second kappa shape index (κ2) is 10.3. The first-order valence-corrected chi connectivity index (χ1v) is 11.7. The van der Waals surface area contributed by atoms with Crippen molar-refractivity contribution in [3.63, 3.8) is 0 Å². The van der Waals surface area contributed by atoms with Crippen LogP contribution in [0.15, 0.2) is 41.5 Å². The van der Waals surface area contributed by atoms with E-state index in [1.807, 2.05) is 30.3 Å². The minimum Gasteiger partial charge on any atom is -0.512 e. The fourth-order valence-corrected chi connectivity index (χ4v) is 3.09. The third-order valence-corrected chi connectivity index (χ3v) is 4.27. The molecule has 0 bridgehead atoms. The zero-order valence-electron chi connectivity index (χ0n) is 17.1. The van der Waals surface area contributed by atoms with Crippen molar-refractivity contribution in [1.29, 1.82) is 0 Å². The Morgan fingerprint density at radius 2 is 1.82 bits per heavy atom. The molecule has 0 heterocycles. The molecule has 0 unspecified atom stereocenters. The highest BCUT2D eigenvalue weighted by atomic mass is 32.2. The third kappa shape index (κ3) is 10.7. The number of aliphatic hydroxyl groups excluding tert-OH is 1. The van der Waals surface area contributed by atoms with Crippen molar-refractivity contribution in [2.75, 3.05) is 12.5 Å². The van der Waals surface area contributed by atoms with Gasteiger partial charge in [-0.2, -0.15) is 0 Å². The highest BCUT2D eigenvalue weighted by Crippen LogP contribution is 2.13. The van der Waals surface area contributed by atoms with Crippen LogP contribution in [-0.4, -0.2) is 45.5 Å². The van der Waals surface area contributed by atoms with Gasteiger partial charge in [0.25, 0.3) is 0 Å². The molecule has 158 valence electrons. The number of esters is 1. The van der Waals surface area contributed by atoms with Gasteiger partial charge in [0.05, 0.1) is 5.76 Å². The maximum Gasteiger partial charge on any atom is 0.408 e. The summed E-state index contributed by atoms with van der Waals surface area (Å²) in [6, 6.07) is 8.14. The summed E-state index contributed by atoms with van der Waals surface area (Å²) in [6.07, 6.45) is 2.43. The minimum atomic E-state index is -2.55. The largest absolute Gasteiger partial charge is 0.512 e. The quantitative estimate of drug-likeness (QED) is 0.344. The zero-order chi connectivity index (χ0) is 21.4. The zero-order valence-corrected chi connectivity index (χ0v) is 18.0. The van der Waals surface area contributed by atoms with Gasteiger partial charge in [-0.1, -0.05) is 40.3 Å². The summed E-state index contributed by atoms with van der Waals surface area (Å²) in [7, 11) is -2.55. The molecule has 0 fully saturated rings. The molecule has 0 aliphatic carbocycles. The van der Waals surface area contributed by atoms with Gasteiger partial charge in [-0.25, -0.2) is 9.59 Å². The Kier molecular flexibility index (Phi) is 8.68. The molecular weight excluding hydrogens is 382 g/mol. The summed E-state index contributed by atoms with van der Waals surface area (Å²) in [5.41, 5.74) is 0.0920. The number of allylic oxidation sites excluding steroid dienone is 1. The summed E-state index contributed by atoms with van der Waals surface area (Å²) in [4.78, 5) is 24.5. The molecule has 2 N–H and O–H groups in total. The van der Waals surface area contributed by atoms with E-state index < -0.39 is 33.6 Å². The van der Waals surface area contributed by atoms with Gasteiger partial charge >= 0.3 is 12.1 Å². The molecule has 0 saturated carbocycles. The normalized spacial score (nSPS) is 14.1. The topological polar surface area (TPSA) is 102 Å². The summed E-state index contributed by atoms with van der Waals surface area (Å²) in [5.74, 6) is -0.737. The minimum absolute atomic E-state index is 0.0621. The number of amides is 1. The Morgan fingerprint density at radius 1 is 1.21 bits per heavy atom. The van der Waals surface area contributed by atoms with Crippen LogP contribution in [0.25, 0.3) is 0 Å². The van der Waals surface area contributed by atoms with Gasteiger partial charge < -0.3 is 19.9 Å². The molecule has 1 atom stereocenters. The molecule has 1 rings (SSSR count). The second-order valence-electron chi connectivity index (χ2n) is 7.89. The molecule has 0 radical (unpaired) electrons. The lowest BCUT2D eigenvalue weighted by molar-refractivity contribution is -0.147. The number of rotatable bonds is 8. The molecule has 0 spiro atoms. The number of ether oxygens (including phenoxy) is 2. The van der Waals surface area contributed by atoms with Crippen LogP contribution >= 0.6 is 0 Å². The smallest absolute Gasteiger partial charge is 0.408 e. The Morgan fingerprint density at radius 3 is 2.36 bits per heavy atom. The maximum absolute atomic E-state index is 12.5. The second-order valence-corrected chi connectivity index (χ2v) is 11.0. The fourth-order valence-electron chi connectivity index (χ4n) is 2.24. The third-order valence-electron chi connectivity index (χ3n) is 3.35. The van der Waals surface area contributed by atoms with Crippen molar-refractivity contribution in [3.05, 3.63) is 47.1 Å². The number of alkyl carbamates (subject to hydrolysis) is 1. The Labute approximate surface area is 167 Å². The molecule has 1 aromatic carbocycles. The molecule has 1 aromatic rings. The number of nitrogens with one attached hydrogen (secondary N) is 1. The summed E-state index contributed by atoms with van der Waals surface area (Å²) in [6.45, 7) is 5.20. The number of hydrogen-bond acceptors (Lipinski definition) is 6. The summed E-state index contributed by atoms with van der Waals surface area (Å²) >= 11 is 0. The van der Waals surface area contributed by atoms with E-state index in [-0.39, 0.29) is 25.2 Å². The Balaban J connectivity index is 2.78. The van der Waals surface area contributed by atoms with E-state index in [0.29, 0.717) is 0 Å². The van der Waals surface area contributed by atoms with Gasteiger partial charge in [-0.05, 0) is 45.3 Å². The van der Waals surface area contributed by atoms with E-state index >= 15 is 0 Å². The van der Waals surface area contributed by atoms with Crippen molar-refractivity contribution in [1.82, 2.24) is 5.32 Å². The molecule has 0 aliphatic heterocycles. The average molecular weight is 414 g/mol. The first-order chi connectivity index (χ1) is 12.9. The van der Waals surface area contributed by atoms with Crippen LogP contribution in [0.2, 0.25) is 0 Å². The lowest BCUT2D eigenvalue weighted by Crippen LogP contribution is -2.44. The predicted molar refractivity (Wildman–Crippen MR) is 111 cm³/mol. The standard InChI is InChI=1S/C20H31NO6S/c1-20(2,3)27-19(24)21-17(12-11-16(22)14-28(4,5)25)18(23)26-13-15-9-7-6-8-10-15/h6-10,14,17,22,28H,11-13H2,1-5H3,(H,21,24)/b16-14-/t17-/m0/s1. The Hall–Kier alpha value is -2.35. The van der Waals surface area contributed by atoms with Crippen molar-refractivity contribution in [2.24, 2.45) is 0 Å². The first-order valence-electron chi connectivity index (χ1n) is 9.01. The monoisotopic (exact) mass is 413 g/mol. The van der Waals surface area contributed by atoms with Crippen LogP contribution in [0, 0.1) is 0 Å². The van der Waals surface area contributed by atoms with Gasteiger partial charge in [0, 0.05) is 11.8 Å². The Bertz CT molecular complexity index is 733. The van der Waals surface area contributed by atoms with E-state index in [2.05, 4.69) is 5.32 Å². The highest BCUT2D eigenvalue weighted by molar-refractivity contribution is 8.04. The van der Waals surface area contributed by atoms with Crippen molar-refractivity contribution in [2.45, 2.75) is 51.9 Å². The summed E-state index contributed by atoms with van der Waals surface area (Å²) in [5, 5.41) is 13.7. The van der Waals surface area contributed by atoms with Crippen molar-refractivity contribution in [3.8, 4) is 0 Å². The average Bonchev–Trinajstić information content (AvgIpc) is 2.54. The number of thiol groups is 1. The molecule has 7 nitrogen and oxygen atoms in total.